The number of nitro benzene ring substituents is 1. The van der Waals surface area contributed by atoms with Crippen LogP contribution in [0.1, 0.15) is 26.5 Å². The van der Waals surface area contributed by atoms with E-state index in [1.165, 1.54) is 54.9 Å². The average molecular weight is 891 g/mol. The lowest BCUT2D eigenvalue weighted by atomic mass is 10.1. The van der Waals surface area contributed by atoms with Crippen LogP contribution < -0.4 is 24.8 Å². The highest BCUT2D eigenvalue weighted by Crippen LogP contribution is 2.34. The van der Waals surface area contributed by atoms with Crippen molar-refractivity contribution in [3.05, 3.63) is 149 Å². The first-order valence-corrected chi connectivity index (χ1v) is 20.0. The zero-order chi connectivity index (χ0) is 46.1. The maximum Gasteiger partial charge on any atom is 0.322 e. The number of hydrogen-bond donors (Lipinski definition) is 7. The summed E-state index contributed by atoms with van der Waals surface area (Å²) in [7, 11) is -3.73. The molecule has 0 radical (unpaired) electrons. The Morgan fingerprint density at radius 3 is 1.48 bits per heavy atom. The number of non-ortho nitro benzene ring substituents is 1. The molecule has 0 aliphatic rings. The fourth-order valence-electron chi connectivity index (χ4n) is 5.74. The molecule has 0 saturated heterocycles. The number of aromatic nitrogens is 2. The van der Waals surface area contributed by atoms with Crippen molar-refractivity contribution in [2.45, 2.75) is 11.8 Å². The molecule has 0 spiro atoms. The summed E-state index contributed by atoms with van der Waals surface area (Å²) in [6, 6.07) is 27.7. The first-order valence-electron chi connectivity index (χ1n) is 18.5. The molecule has 21 heteroatoms. The summed E-state index contributed by atoms with van der Waals surface area (Å²) in [4.78, 5) is 63.3. The monoisotopic (exact) mass is 890 g/mol. The van der Waals surface area contributed by atoms with Crippen LogP contribution in [0.25, 0.3) is 21.5 Å². The van der Waals surface area contributed by atoms with Crippen LogP contribution in [0, 0.1) is 17.0 Å². The minimum atomic E-state index is -3.73. The van der Waals surface area contributed by atoms with Crippen molar-refractivity contribution in [1.82, 2.24) is 20.6 Å². The van der Waals surface area contributed by atoms with Crippen molar-refractivity contribution in [3.8, 4) is 34.5 Å². The van der Waals surface area contributed by atoms with Crippen LogP contribution in [-0.2, 0) is 19.6 Å². The van der Waals surface area contributed by atoms with Gasteiger partial charge >= 0.3 is 11.9 Å². The van der Waals surface area contributed by atoms with E-state index in [4.69, 9.17) is 19.7 Å². The predicted molar refractivity (Wildman–Crippen MR) is 228 cm³/mol. The maximum atomic E-state index is 12.6. The van der Waals surface area contributed by atoms with Crippen LogP contribution >= 0.6 is 0 Å². The number of aliphatic carboxylic acids is 2. The van der Waals surface area contributed by atoms with E-state index in [1.807, 2.05) is 6.92 Å². The highest BCUT2D eigenvalue weighted by molar-refractivity contribution is 7.92. The molecular formula is C43H34N6O14S. The number of benzene rings is 5. The molecule has 2 aromatic heterocycles. The predicted octanol–water partition coefficient (Wildman–Crippen LogP) is 6.11. The van der Waals surface area contributed by atoms with Crippen LogP contribution in [0.3, 0.4) is 0 Å². The van der Waals surface area contributed by atoms with Gasteiger partial charge in [-0.2, -0.15) is 0 Å². The fraction of sp³-hybridized carbons (Fsp3) is 0.0698. The van der Waals surface area contributed by atoms with Crippen molar-refractivity contribution >= 4 is 66.7 Å². The van der Waals surface area contributed by atoms with Gasteiger partial charge in [0.05, 0.1) is 9.82 Å². The minimum Gasteiger partial charge on any atom is -0.505 e. The van der Waals surface area contributed by atoms with Gasteiger partial charge in [0, 0.05) is 51.8 Å². The Morgan fingerprint density at radius 2 is 1.06 bits per heavy atom. The van der Waals surface area contributed by atoms with E-state index in [0.29, 0.717) is 50.2 Å². The summed E-state index contributed by atoms with van der Waals surface area (Å²) in [6.07, 6.45) is 2.70. The minimum absolute atomic E-state index is 0.0614. The lowest BCUT2D eigenvalue weighted by Gasteiger charge is -2.11. The van der Waals surface area contributed by atoms with Crippen molar-refractivity contribution < 1.29 is 62.4 Å². The van der Waals surface area contributed by atoms with Gasteiger partial charge < -0.3 is 40.5 Å². The molecule has 0 aliphatic heterocycles. The standard InChI is InChI=1S/C25H21N3O7S.C18H13N3O7/c1-15-2-9-20(10-3-15)36(33,34)28-17-4-6-18(7-5-17)35-19-8-11-21-16(12-19)13-26-23(24(21)31)25(32)27-14-22(29)30;22-15(23)9-20-18(25)16-17(24)14-6-5-13(7-10(14)8-19-16)28-12-3-1-11(2-4-12)21(26)27/h2-13,28,31H,14H2,1H3,(H,27,32)(H,29,30);1-8,24H,9H2,(H,20,25)(H,22,23). The number of nitrogens with one attached hydrogen (secondary N) is 3. The van der Waals surface area contributed by atoms with Gasteiger partial charge in [-0.3, -0.25) is 34.0 Å². The van der Waals surface area contributed by atoms with Crippen LogP contribution in [-0.4, -0.2) is 80.6 Å². The van der Waals surface area contributed by atoms with Crippen LogP contribution in [0.4, 0.5) is 11.4 Å². The first-order chi connectivity index (χ1) is 30.5. The smallest absolute Gasteiger partial charge is 0.322 e. The molecule has 0 aliphatic carbocycles. The number of rotatable bonds is 14. The quantitative estimate of drug-likeness (QED) is 0.0478. The number of carboxylic acids is 2. The van der Waals surface area contributed by atoms with E-state index in [0.717, 1.165) is 5.56 Å². The van der Waals surface area contributed by atoms with Gasteiger partial charge in [-0.1, -0.05) is 17.7 Å². The number of anilines is 1. The van der Waals surface area contributed by atoms with E-state index >= 15 is 0 Å². The Bertz CT molecular complexity index is 3040. The summed E-state index contributed by atoms with van der Waals surface area (Å²) < 4.78 is 39.1. The van der Waals surface area contributed by atoms with Gasteiger partial charge in [0.25, 0.3) is 27.5 Å². The number of sulfonamides is 1. The Hall–Kier alpha value is -8.85. The highest BCUT2D eigenvalue weighted by Gasteiger charge is 2.19. The topological polar surface area (TPSA) is 307 Å². The molecule has 0 fully saturated rings. The lowest BCUT2D eigenvalue weighted by Crippen LogP contribution is -2.29. The number of ether oxygens (including phenoxy) is 2. The molecule has 0 unspecified atom stereocenters. The second-order valence-electron chi connectivity index (χ2n) is 13.5. The van der Waals surface area contributed by atoms with Gasteiger partial charge in [-0.05, 0) is 91.9 Å². The Balaban J connectivity index is 0.000000219. The number of aromatic hydroxyl groups is 2. The molecule has 2 heterocycles. The van der Waals surface area contributed by atoms with Crippen molar-refractivity contribution in [2.24, 2.45) is 0 Å². The molecule has 326 valence electrons. The molecule has 64 heavy (non-hydrogen) atoms. The Morgan fingerprint density at radius 1 is 0.641 bits per heavy atom. The zero-order valence-electron chi connectivity index (χ0n) is 33.1. The Kier molecular flexibility index (Phi) is 13.4. The Labute approximate surface area is 361 Å². The summed E-state index contributed by atoms with van der Waals surface area (Å²) in [5, 5.41) is 54.5. The summed E-state index contributed by atoms with van der Waals surface area (Å²) in [5.74, 6) is -3.20. The molecule has 7 aromatic rings. The van der Waals surface area contributed by atoms with Crippen molar-refractivity contribution in [3.63, 3.8) is 0 Å². The number of fused-ring (bicyclic) bond motifs is 2. The van der Waals surface area contributed by atoms with Gasteiger partial charge in [0.2, 0.25) is 0 Å². The number of amides is 2. The molecule has 5 aromatic carbocycles. The van der Waals surface area contributed by atoms with Gasteiger partial charge in [-0.25, -0.2) is 18.4 Å². The SMILES string of the molecule is Cc1ccc(S(=O)(=O)Nc2ccc(Oc3ccc4c(O)c(C(=O)NCC(=O)O)ncc4c3)cc2)cc1.O=C(O)CNC(=O)c1ncc2cc(Oc3ccc([N+](=O)[O-])cc3)ccc2c1O. The molecule has 7 rings (SSSR count). The van der Waals surface area contributed by atoms with Crippen molar-refractivity contribution in [1.29, 1.82) is 0 Å². The lowest BCUT2D eigenvalue weighted by molar-refractivity contribution is -0.384. The van der Waals surface area contributed by atoms with Gasteiger partial charge in [-0.15, -0.1) is 0 Å². The summed E-state index contributed by atoms with van der Waals surface area (Å²) in [5.41, 5.74) is 0.675. The number of carbonyl (C=O) groups excluding carboxylic acids is 2. The van der Waals surface area contributed by atoms with E-state index in [-0.39, 0.29) is 33.5 Å². The average Bonchev–Trinajstić information content (AvgIpc) is 3.26. The van der Waals surface area contributed by atoms with Crippen molar-refractivity contribution in [2.75, 3.05) is 17.8 Å². The second-order valence-corrected chi connectivity index (χ2v) is 15.1. The van der Waals surface area contributed by atoms with E-state index in [1.54, 1.807) is 66.7 Å². The molecule has 20 nitrogen and oxygen atoms in total. The van der Waals surface area contributed by atoms with E-state index < -0.39 is 51.8 Å². The number of carboxylic acid groups (broad SMARTS) is 2. The third-order valence-corrected chi connectivity index (χ3v) is 10.3. The number of pyridine rings is 2. The second kappa shape index (κ2) is 19.2. The zero-order valence-corrected chi connectivity index (χ0v) is 33.9. The normalized spacial score (nSPS) is 10.8. The number of aryl methyl sites for hydroxylation is 1. The van der Waals surface area contributed by atoms with E-state index in [2.05, 4.69) is 25.3 Å². The number of nitrogens with zero attached hydrogens (tertiary/aromatic N) is 3. The number of carbonyl (C=O) groups is 4. The van der Waals surface area contributed by atoms with E-state index in [9.17, 15) is 47.9 Å². The molecule has 7 N–H and O–H groups in total. The van der Waals surface area contributed by atoms with Gasteiger partial charge in [0.15, 0.2) is 22.9 Å². The number of nitro groups is 1. The molecular weight excluding hydrogens is 857 g/mol. The largest absolute Gasteiger partial charge is 0.505 e. The first kappa shape index (κ1) is 44.7. The van der Waals surface area contributed by atoms with Crippen LogP contribution in [0.2, 0.25) is 0 Å². The number of hydrogen-bond acceptors (Lipinski definition) is 14. The highest BCUT2D eigenvalue weighted by atomic mass is 32.2. The maximum absolute atomic E-state index is 12.6. The molecule has 2 amide bonds. The summed E-state index contributed by atoms with van der Waals surface area (Å²) in [6.45, 7) is 0.676. The molecule has 0 atom stereocenters. The third-order valence-electron chi connectivity index (χ3n) is 8.86. The third kappa shape index (κ3) is 11.1. The summed E-state index contributed by atoms with van der Waals surface area (Å²) >= 11 is 0. The van der Waals surface area contributed by atoms with Gasteiger partial charge in [0.1, 0.15) is 36.1 Å². The van der Waals surface area contributed by atoms with Crippen LogP contribution in [0.5, 0.6) is 34.5 Å². The molecule has 0 saturated carbocycles. The fourth-order valence-corrected chi connectivity index (χ4v) is 6.80. The molecule has 0 bridgehead atoms. The van der Waals surface area contributed by atoms with Crippen LogP contribution in [0.15, 0.2) is 126 Å².